The van der Waals surface area contributed by atoms with E-state index in [0.717, 1.165) is 16.2 Å². The van der Waals surface area contributed by atoms with Crippen molar-refractivity contribution < 1.29 is 28.4 Å². The fraction of sp³-hybridized carbons (Fsp3) is 0.263. The first-order valence-corrected chi connectivity index (χ1v) is 10.4. The van der Waals surface area contributed by atoms with E-state index < -0.39 is 17.8 Å². The maximum Gasteiger partial charge on any atom is 0.348 e. The molecule has 0 saturated carbocycles. The van der Waals surface area contributed by atoms with Crippen LogP contribution in [0.3, 0.4) is 0 Å². The van der Waals surface area contributed by atoms with Gasteiger partial charge in [0.15, 0.2) is 11.5 Å². The average molecular weight is 434 g/mol. The number of ether oxygens (including phenoxy) is 2. The van der Waals surface area contributed by atoms with Gasteiger partial charge in [0.1, 0.15) is 9.88 Å². The van der Waals surface area contributed by atoms with Crippen LogP contribution in [0.2, 0.25) is 0 Å². The van der Waals surface area contributed by atoms with Crippen LogP contribution in [-0.4, -0.2) is 36.2 Å². The molecule has 8 nitrogen and oxygen atoms in total. The zero-order valence-electron chi connectivity index (χ0n) is 15.9. The molecule has 0 unspecified atom stereocenters. The van der Waals surface area contributed by atoms with Crippen LogP contribution in [-0.2, 0) is 9.47 Å². The number of carbonyl (C=O) groups is 3. The molecule has 0 aliphatic heterocycles. The van der Waals surface area contributed by atoms with Gasteiger partial charge in [0, 0.05) is 6.07 Å². The van der Waals surface area contributed by atoms with Crippen LogP contribution in [0.4, 0.5) is 5.00 Å². The zero-order chi connectivity index (χ0) is 21.0. The number of rotatable bonds is 7. The molecule has 0 aliphatic rings. The molecule has 29 heavy (non-hydrogen) atoms. The predicted molar refractivity (Wildman–Crippen MR) is 109 cm³/mol. The number of thiophene rings is 2. The number of aromatic nitrogens is 1. The molecule has 3 aromatic rings. The number of esters is 2. The molecule has 0 radical (unpaired) electrons. The van der Waals surface area contributed by atoms with Gasteiger partial charge in [-0.3, -0.25) is 4.79 Å². The molecule has 1 amide bonds. The number of carbonyl (C=O) groups excluding carboxylic acids is 3. The van der Waals surface area contributed by atoms with Crippen molar-refractivity contribution in [2.75, 3.05) is 18.5 Å². The second-order valence-corrected chi connectivity index (χ2v) is 7.68. The molecule has 1 N–H and O–H groups in total. The van der Waals surface area contributed by atoms with E-state index in [-0.39, 0.29) is 34.3 Å². The van der Waals surface area contributed by atoms with Crippen LogP contribution in [0.25, 0.3) is 10.6 Å². The van der Waals surface area contributed by atoms with E-state index >= 15 is 0 Å². The normalized spacial score (nSPS) is 10.6. The highest BCUT2D eigenvalue weighted by Crippen LogP contribution is 2.35. The van der Waals surface area contributed by atoms with Crippen molar-refractivity contribution in [2.45, 2.75) is 20.8 Å². The lowest BCUT2D eigenvalue weighted by atomic mass is 10.1. The summed E-state index contributed by atoms with van der Waals surface area (Å²) in [4.78, 5) is 38.3. The van der Waals surface area contributed by atoms with Crippen LogP contribution in [0.15, 0.2) is 28.1 Å². The van der Waals surface area contributed by atoms with Gasteiger partial charge in [0.25, 0.3) is 5.91 Å². The number of hydrogen-bond donors (Lipinski definition) is 1. The van der Waals surface area contributed by atoms with E-state index in [4.69, 9.17) is 14.0 Å². The molecule has 3 heterocycles. The third-order valence-corrected chi connectivity index (χ3v) is 5.89. The Morgan fingerprint density at radius 3 is 2.55 bits per heavy atom. The molecule has 0 fully saturated rings. The summed E-state index contributed by atoms with van der Waals surface area (Å²) in [5, 5.41) is 8.50. The number of hydrogen-bond acceptors (Lipinski definition) is 9. The lowest BCUT2D eigenvalue weighted by molar-refractivity contribution is 0.0527. The first-order chi connectivity index (χ1) is 14.0. The summed E-state index contributed by atoms with van der Waals surface area (Å²) in [7, 11) is 0. The Labute approximate surface area is 174 Å². The monoisotopic (exact) mass is 434 g/mol. The van der Waals surface area contributed by atoms with Gasteiger partial charge in [-0.1, -0.05) is 11.2 Å². The van der Waals surface area contributed by atoms with Crippen molar-refractivity contribution >= 4 is 45.5 Å². The van der Waals surface area contributed by atoms with Crippen LogP contribution in [0, 0.1) is 6.92 Å². The summed E-state index contributed by atoms with van der Waals surface area (Å²) >= 11 is 2.41. The smallest absolute Gasteiger partial charge is 0.348 e. The zero-order valence-corrected chi connectivity index (χ0v) is 17.6. The molecule has 3 aromatic heterocycles. The van der Waals surface area contributed by atoms with Crippen molar-refractivity contribution in [1.29, 1.82) is 0 Å². The quantitative estimate of drug-likeness (QED) is 0.550. The van der Waals surface area contributed by atoms with E-state index in [9.17, 15) is 14.4 Å². The van der Waals surface area contributed by atoms with Crippen molar-refractivity contribution in [3.05, 3.63) is 45.3 Å². The van der Waals surface area contributed by atoms with Gasteiger partial charge >= 0.3 is 11.9 Å². The molecule has 0 spiro atoms. The summed E-state index contributed by atoms with van der Waals surface area (Å²) in [6.07, 6.45) is 0. The van der Waals surface area contributed by atoms with Crippen LogP contribution in [0.5, 0.6) is 0 Å². The molecule has 152 valence electrons. The Bertz CT molecular complexity index is 1040. The molecule has 0 atom stereocenters. The Hall–Kier alpha value is -2.98. The minimum Gasteiger partial charge on any atom is -0.462 e. The Kier molecular flexibility index (Phi) is 6.45. The van der Waals surface area contributed by atoms with Gasteiger partial charge < -0.3 is 19.3 Å². The van der Waals surface area contributed by atoms with Crippen molar-refractivity contribution in [2.24, 2.45) is 0 Å². The summed E-state index contributed by atoms with van der Waals surface area (Å²) < 4.78 is 15.3. The molecule has 0 bridgehead atoms. The van der Waals surface area contributed by atoms with Gasteiger partial charge in [-0.25, -0.2) is 9.59 Å². The van der Waals surface area contributed by atoms with Crippen molar-refractivity contribution in [3.63, 3.8) is 0 Å². The van der Waals surface area contributed by atoms with Crippen LogP contribution < -0.4 is 5.32 Å². The molecule has 3 rings (SSSR count). The van der Waals surface area contributed by atoms with Gasteiger partial charge in [0.05, 0.1) is 23.7 Å². The first kappa shape index (κ1) is 20.7. The number of nitrogens with one attached hydrogen (secondary N) is 1. The number of nitrogens with zero attached hydrogens (tertiary/aromatic N) is 1. The third-order valence-electron chi connectivity index (χ3n) is 3.82. The maximum absolute atomic E-state index is 12.7. The van der Waals surface area contributed by atoms with Gasteiger partial charge in [-0.2, -0.15) is 0 Å². The van der Waals surface area contributed by atoms with E-state index in [1.807, 2.05) is 17.5 Å². The Morgan fingerprint density at radius 1 is 1.17 bits per heavy atom. The fourth-order valence-electron chi connectivity index (χ4n) is 2.53. The standard InChI is InChI=1S/C19H18N2O6S2/c1-4-25-18(23)14-10(3)15(19(24)26-5-2)29-17(14)20-16(22)11-9-12(27-21-11)13-7-6-8-28-13/h6-9H,4-5H2,1-3H3,(H,20,22). The van der Waals surface area contributed by atoms with E-state index in [2.05, 4.69) is 10.5 Å². The molecule has 0 aromatic carbocycles. The maximum atomic E-state index is 12.7. The highest BCUT2D eigenvalue weighted by Gasteiger charge is 2.28. The largest absolute Gasteiger partial charge is 0.462 e. The van der Waals surface area contributed by atoms with Crippen LogP contribution in [0.1, 0.15) is 49.9 Å². The number of amides is 1. The van der Waals surface area contributed by atoms with Gasteiger partial charge in [-0.15, -0.1) is 22.7 Å². The van der Waals surface area contributed by atoms with Crippen molar-refractivity contribution in [1.82, 2.24) is 5.16 Å². The third kappa shape index (κ3) is 4.38. The summed E-state index contributed by atoms with van der Waals surface area (Å²) in [6, 6.07) is 5.22. The van der Waals surface area contributed by atoms with E-state index in [0.29, 0.717) is 11.3 Å². The minimum absolute atomic E-state index is 0.0481. The van der Waals surface area contributed by atoms with Crippen molar-refractivity contribution in [3.8, 4) is 10.6 Å². The first-order valence-electron chi connectivity index (χ1n) is 8.75. The second kappa shape index (κ2) is 9.01. The Morgan fingerprint density at radius 2 is 1.90 bits per heavy atom. The van der Waals surface area contributed by atoms with E-state index in [1.54, 1.807) is 20.8 Å². The lowest BCUT2D eigenvalue weighted by Crippen LogP contribution is -2.15. The highest BCUT2D eigenvalue weighted by atomic mass is 32.1. The Balaban J connectivity index is 1.90. The summed E-state index contributed by atoms with van der Waals surface area (Å²) in [5.74, 6) is -1.31. The minimum atomic E-state index is -0.633. The van der Waals surface area contributed by atoms with E-state index in [1.165, 1.54) is 17.4 Å². The molecular weight excluding hydrogens is 416 g/mol. The topological polar surface area (TPSA) is 108 Å². The predicted octanol–water partition coefficient (Wildman–Crippen LogP) is 4.38. The molecule has 0 aliphatic carbocycles. The fourth-order valence-corrected chi connectivity index (χ4v) is 4.28. The second-order valence-electron chi connectivity index (χ2n) is 5.71. The average Bonchev–Trinajstić information content (AvgIpc) is 3.42. The van der Waals surface area contributed by atoms with Gasteiger partial charge in [-0.05, 0) is 37.8 Å². The molecular formula is C19H18N2O6S2. The number of anilines is 1. The lowest BCUT2D eigenvalue weighted by Gasteiger charge is -2.05. The highest BCUT2D eigenvalue weighted by molar-refractivity contribution is 7.18. The summed E-state index contributed by atoms with van der Waals surface area (Å²) in [5.41, 5.74) is 0.559. The molecule has 0 saturated heterocycles. The van der Waals surface area contributed by atoms with Crippen LogP contribution >= 0.6 is 22.7 Å². The summed E-state index contributed by atoms with van der Waals surface area (Å²) in [6.45, 7) is 5.31. The molecule has 10 heteroatoms. The SMILES string of the molecule is CCOC(=O)c1sc(NC(=O)c2cc(-c3cccs3)on2)c(C(=O)OCC)c1C. The van der Waals surface area contributed by atoms with Gasteiger partial charge in [0.2, 0.25) is 0 Å².